The van der Waals surface area contributed by atoms with Gasteiger partial charge in [-0.05, 0) is 57.1 Å². The van der Waals surface area contributed by atoms with Crippen LogP contribution in [0.3, 0.4) is 0 Å². The smallest absolute Gasteiger partial charge is 0.295 e. The molecule has 188 valence electrons. The van der Waals surface area contributed by atoms with E-state index in [4.69, 9.17) is 9.47 Å². The van der Waals surface area contributed by atoms with Crippen LogP contribution >= 0.6 is 0 Å². The lowest BCUT2D eigenvalue weighted by atomic mass is 9.95. The first kappa shape index (κ1) is 23.7. The zero-order valence-corrected chi connectivity index (χ0v) is 20.3. The number of amides is 2. The molecule has 3 heterocycles. The summed E-state index contributed by atoms with van der Waals surface area (Å²) in [6.45, 7) is 3.39. The van der Waals surface area contributed by atoms with Gasteiger partial charge in [-0.25, -0.2) is 4.68 Å². The van der Waals surface area contributed by atoms with E-state index in [-0.39, 0.29) is 42.3 Å². The molecule has 10 nitrogen and oxygen atoms in total. The van der Waals surface area contributed by atoms with Gasteiger partial charge in [-0.2, -0.15) is 0 Å². The highest BCUT2D eigenvalue weighted by Crippen LogP contribution is 2.34. The Morgan fingerprint density at radius 2 is 1.72 bits per heavy atom. The van der Waals surface area contributed by atoms with Gasteiger partial charge in [0, 0.05) is 24.7 Å². The Morgan fingerprint density at radius 3 is 2.47 bits per heavy atom. The van der Waals surface area contributed by atoms with E-state index in [1.807, 2.05) is 35.2 Å². The fraction of sp³-hybridized carbons (Fsp3) is 0.346. The van der Waals surface area contributed by atoms with Gasteiger partial charge in [0.2, 0.25) is 18.6 Å². The summed E-state index contributed by atoms with van der Waals surface area (Å²) in [5.74, 6) is 0.870. The fourth-order valence-corrected chi connectivity index (χ4v) is 4.67. The maximum Gasteiger partial charge on any atom is 0.295 e. The SMILES string of the molecule is Cc1c(NC(=O)CN2CCC(C(=O)Nc3ccc4c(c3)OCO4)CC2)c(=O)n(-c2ccccc2)n1C. The van der Waals surface area contributed by atoms with Gasteiger partial charge in [0.25, 0.3) is 5.56 Å². The van der Waals surface area contributed by atoms with Gasteiger partial charge in [0.05, 0.1) is 17.9 Å². The Labute approximate surface area is 208 Å². The van der Waals surface area contributed by atoms with E-state index in [1.54, 1.807) is 36.9 Å². The number of rotatable bonds is 6. The average molecular weight is 492 g/mol. The Hall–Kier alpha value is -4.05. The zero-order valence-electron chi connectivity index (χ0n) is 20.3. The molecule has 0 atom stereocenters. The Bertz CT molecular complexity index is 1340. The van der Waals surface area contributed by atoms with Crippen LogP contribution in [0.2, 0.25) is 0 Å². The van der Waals surface area contributed by atoms with Crippen molar-refractivity contribution in [2.24, 2.45) is 13.0 Å². The third-order valence-electron chi connectivity index (χ3n) is 6.78. The second kappa shape index (κ2) is 9.90. The first-order valence-corrected chi connectivity index (χ1v) is 12.0. The lowest BCUT2D eigenvalue weighted by molar-refractivity contribution is -0.121. The van der Waals surface area contributed by atoms with Crippen LogP contribution in [0, 0.1) is 12.8 Å². The van der Waals surface area contributed by atoms with Crippen LogP contribution in [0.25, 0.3) is 5.69 Å². The van der Waals surface area contributed by atoms with Crippen molar-refractivity contribution in [3.63, 3.8) is 0 Å². The summed E-state index contributed by atoms with van der Waals surface area (Å²) in [6.07, 6.45) is 1.30. The minimum atomic E-state index is -0.270. The standard InChI is InChI=1S/C26H29N5O5/c1-17-24(26(34)31(29(17)2)20-6-4-3-5-7-20)28-23(32)15-30-12-10-18(11-13-30)25(33)27-19-8-9-21-22(14-19)36-16-35-21/h3-9,14,18H,10-13,15-16H2,1-2H3,(H,27,33)(H,28,32). The number of nitrogens with zero attached hydrogens (tertiary/aromatic N) is 3. The van der Waals surface area contributed by atoms with Gasteiger partial charge in [-0.1, -0.05) is 18.2 Å². The lowest BCUT2D eigenvalue weighted by Gasteiger charge is -2.30. The number of likely N-dealkylation sites (tertiary alicyclic amines) is 1. The van der Waals surface area contributed by atoms with Crippen molar-refractivity contribution >= 4 is 23.2 Å². The molecule has 2 aliphatic heterocycles. The number of hydrogen-bond donors (Lipinski definition) is 2. The molecule has 2 aliphatic rings. The third-order valence-corrected chi connectivity index (χ3v) is 6.78. The molecule has 0 spiro atoms. The van der Waals surface area contributed by atoms with Crippen LogP contribution in [-0.4, -0.2) is 52.5 Å². The molecular formula is C26H29N5O5. The summed E-state index contributed by atoms with van der Waals surface area (Å²) in [6, 6.07) is 14.6. The highest BCUT2D eigenvalue weighted by molar-refractivity contribution is 5.94. The second-order valence-corrected chi connectivity index (χ2v) is 9.09. The maximum absolute atomic E-state index is 13.0. The quantitative estimate of drug-likeness (QED) is 0.549. The van der Waals surface area contributed by atoms with Gasteiger partial charge in [0.15, 0.2) is 11.5 Å². The maximum atomic E-state index is 13.0. The van der Waals surface area contributed by atoms with Gasteiger partial charge in [-0.3, -0.25) is 24.0 Å². The second-order valence-electron chi connectivity index (χ2n) is 9.09. The molecule has 1 saturated heterocycles. The summed E-state index contributed by atoms with van der Waals surface area (Å²) >= 11 is 0. The molecule has 2 N–H and O–H groups in total. The molecule has 0 aliphatic carbocycles. The van der Waals surface area contributed by atoms with Crippen LogP contribution in [0.1, 0.15) is 18.5 Å². The van der Waals surface area contributed by atoms with E-state index in [2.05, 4.69) is 10.6 Å². The number of hydrogen-bond acceptors (Lipinski definition) is 6. The minimum Gasteiger partial charge on any atom is -0.454 e. The molecule has 5 rings (SSSR count). The number of carbonyl (C=O) groups is 2. The number of ether oxygens (including phenoxy) is 2. The number of para-hydroxylation sites is 1. The van der Waals surface area contributed by atoms with Crippen LogP contribution < -0.4 is 25.7 Å². The van der Waals surface area contributed by atoms with E-state index >= 15 is 0 Å². The van der Waals surface area contributed by atoms with Gasteiger partial charge in [-0.15, -0.1) is 0 Å². The largest absolute Gasteiger partial charge is 0.454 e. The van der Waals surface area contributed by atoms with Crippen molar-refractivity contribution < 1.29 is 19.1 Å². The topological polar surface area (TPSA) is 107 Å². The van der Waals surface area contributed by atoms with E-state index in [0.717, 1.165) is 5.69 Å². The molecule has 10 heteroatoms. The highest BCUT2D eigenvalue weighted by atomic mass is 16.7. The van der Waals surface area contributed by atoms with Crippen LogP contribution in [0.5, 0.6) is 11.5 Å². The van der Waals surface area contributed by atoms with Crippen molar-refractivity contribution in [1.82, 2.24) is 14.3 Å². The third kappa shape index (κ3) is 4.72. The molecule has 36 heavy (non-hydrogen) atoms. The summed E-state index contributed by atoms with van der Waals surface area (Å²) in [5.41, 5.74) is 2.09. The van der Waals surface area contributed by atoms with E-state index in [0.29, 0.717) is 48.8 Å². The van der Waals surface area contributed by atoms with E-state index < -0.39 is 0 Å². The molecule has 1 fully saturated rings. The van der Waals surface area contributed by atoms with Crippen molar-refractivity contribution in [3.8, 4) is 17.2 Å². The molecule has 3 aromatic rings. The van der Waals surface area contributed by atoms with E-state index in [9.17, 15) is 14.4 Å². The number of piperidine rings is 1. The van der Waals surface area contributed by atoms with Gasteiger partial charge in [0.1, 0.15) is 5.69 Å². The summed E-state index contributed by atoms with van der Waals surface area (Å²) in [7, 11) is 1.79. The summed E-state index contributed by atoms with van der Waals surface area (Å²) in [4.78, 5) is 40.6. The van der Waals surface area contributed by atoms with Gasteiger partial charge < -0.3 is 20.1 Å². The van der Waals surface area contributed by atoms with Gasteiger partial charge >= 0.3 is 0 Å². The Balaban J connectivity index is 1.15. The number of carbonyl (C=O) groups excluding carboxylic acids is 2. The predicted molar refractivity (Wildman–Crippen MR) is 135 cm³/mol. The average Bonchev–Trinajstić information content (AvgIpc) is 3.43. The Kier molecular flexibility index (Phi) is 6.51. The molecule has 2 aromatic carbocycles. The number of aromatic nitrogens is 2. The molecule has 1 aromatic heterocycles. The van der Waals surface area contributed by atoms with Crippen LogP contribution in [0.15, 0.2) is 53.3 Å². The zero-order chi connectivity index (χ0) is 25.2. The highest BCUT2D eigenvalue weighted by Gasteiger charge is 2.27. The van der Waals surface area contributed by atoms with Crippen molar-refractivity contribution in [2.45, 2.75) is 19.8 Å². The summed E-state index contributed by atoms with van der Waals surface area (Å²) in [5, 5.41) is 5.76. The Morgan fingerprint density at radius 1 is 1.00 bits per heavy atom. The molecule has 0 bridgehead atoms. The van der Waals surface area contributed by atoms with Crippen LogP contribution in [-0.2, 0) is 16.6 Å². The van der Waals surface area contributed by atoms with Crippen molar-refractivity contribution in [2.75, 3.05) is 37.1 Å². The molecule has 0 saturated carbocycles. The van der Waals surface area contributed by atoms with Crippen LogP contribution in [0.4, 0.5) is 11.4 Å². The number of anilines is 2. The minimum absolute atomic E-state index is 0.0423. The monoisotopic (exact) mass is 491 g/mol. The number of fused-ring (bicyclic) bond motifs is 1. The number of nitrogens with one attached hydrogen (secondary N) is 2. The lowest BCUT2D eigenvalue weighted by Crippen LogP contribution is -2.42. The predicted octanol–water partition coefficient (Wildman–Crippen LogP) is 2.50. The molecule has 0 unspecified atom stereocenters. The number of benzene rings is 2. The first-order valence-electron chi connectivity index (χ1n) is 12.0. The summed E-state index contributed by atoms with van der Waals surface area (Å²) < 4.78 is 13.9. The normalized spacial score (nSPS) is 15.6. The molecule has 0 radical (unpaired) electrons. The van der Waals surface area contributed by atoms with E-state index in [1.165, 1.54) is 4.68 Å². The molecular weight excluding hydrogens is 462 g/mol. The molecule has 2 amide bonds. The fourth-order valence-electron chi connectivity index (χ4n) is 4.67. The van der Waals surface area contributed by atoms with Crippen molar-refractivity contribution in [3.05, 3.63) is 64.6 Å². The first-order chi connectivity index (χ1) is 17.4. The van der Waals surface area contributed by atoms with Crippen molar-refractivity contribution in [1.29, 1.82) is 0 Å².